The molecule has 1 heterocycles. The highest BCUT2D eigenvalue weighted by atomic mass is 127. The van der Waals surface area contributed by atoms with Crippen LogP contribution >= 0.6 is 24.0 Å². The van der Waals surface area contributed by atoms with Crippen LogP contribution in [-0.4, -0.2) is 51.8 Å². The molecule has 0 aromatic heterocycles. The maximum Gasteiger partial charge on any atom is 0.265 e. The third-order valence-corrected chi connectivity index (χ3v) is 4.51. The van der Waals surface area contributed by atoms with Crippen LogP contribution in [0.25, 0.3) is 0 Å². The molecule has 30 heavy (non-hydrogen) atoms. The van der Waals surface area contributed by atoms with Gasteiger partial charge in [0.25, 0.3) is 5.91 Å². The van der Waals surface area contributed by atoms with Crippen molar-refractivity contribution in [3.05, 3.63) is 54.6 Å². The molecule has 0 atom stereocenters. The molecule has 2 N–H and O–H groups in total. The molecular weight excluding hydrogens is 495 g/mol. The third kappa shape index (κ3) is 7.08. The lowest BCUT2D eigenvalue weighted by molar-refractivity contribution is -0.121. The van der Waals surface area contributed by atoms with Crippen molar-refractivity contribution in [2.24, 2.45) is 4.99 Å². The lowest BCUT2D eigenvalue weighted by atomic mass is 10.2. The number of rotatable bonds is 9. The van der Waals surface area contributed by atoms with Crippen molar-refractivity contribution in [1.82, 2.24) is 10.6 Å². The number of hydrogen-bond donors (Lipinski definition) is 2. The Hall–Kier alpha value is -2.49. The fraction of sp³-hybridized carbons (Fsp3) is 0.364. The molecule has 0 unspecified atom stereocenters. The van der Waals surface area contributed by atoms with Gasteiger partial charge < -0.3 is 25.0 Å². The lowest BCUT2D eigenvalue weighted by Gasteiger charge is -2.29. The van der Waals surface area contributed by atoms with Crippen LogP contribution in [0.15, 0.2) is 59.6 Å². The summed E-state index contributed by atoms with van der Waals surface area (Å²) in [4.78, 5) is 18.2. The van der Waals surface area contributed by atoms with Crippen LogP contribution in [0.3, 0.4) is 0 Å². The highest BCUT2D eigenvalue weighted by Crippen LogP contribution is 2.31. The second kappa shape index (κ2) is 12.9. The van der Waals surface area contributed by atoms with Gasteiger partial charge in [-0.2, -0.15) is 0 Å². The Morgan fingerprint density at radius 3 is 2.53 bits per heavy atom. The Labute approximate surface area is 194 Å². The zero-order valence-corrected chi connectivity index (χ0v) is 19.5. The van der Waals surface area contributed by atoms with Crippen LogP contribution in [0.1, 0.15) is 12.8 Å². The Bertz CT molecular complexity index is 817. The van der Waals surface area contributed by atoms with Gasteiger partial charge >= 0.3 is 0 Å². The summed E-state index contributed by atoms with van der Waals surface area (Å²) in [6, 6.07) is 17.4. The number of carbonyl (C=O) groups is 1. The smallest absolute Gasteiger partial charge is 0.265 e. The van der Waals surface area contributed by atoms with E-state index in [2.05, 4.69) is 15.6 Å². The maximum absolute atomic E-state index is 12.2. The molecule has 0 radical (unpaired) electrons. The van der Waals surface area contributed by atoms with Crippen molar-refractivity contribution in [3.63, 3.8) is 0 Å². The molecule has 0 saturated heterocycles. The summed E-state index contributed by atoms with van der Waals surface area (Å²) in [7, 11) is 1.75. The molecule has 1 amide bonds. The molecule has 0 fully saturated rings. The van der Waals surface area contributed by atoms with Crippen LogP contribution in [0.2, 0.25) is 0 Å². The van der Waals surface area contributed by atoms with Gasteiger partial charge in [-0.3, -0.25) is 9.79 Å². The highest BCUT2D eigenvalue weighted by molar-refractivity contribution is 14.0. The number of nitrogens with one attached hydrogen (secondary N) is 2. The number of benzene rings is 2. The summed E-state index contributed by atoms with van der Waals surface area (Å²) < 4.78 is 11.2. The molecule has 0 saturated carbocycles. The largest absolute Gasteiger partial charge is 0.494 e. The third-order valence-electron chi connectivity index (χ3n) is 4.51. The summed E-state index contributed by atoms with van der Waals surface area (Å²) in [6.07, 6.45) is 1.67. The quantitative estimate of drug-likeness (QED) is 0.228. The number of amides is 1. The van der Waals surface area contributed by atoms with E-state index in [1.807, 2.05) is 54.6 Å². The van der Waals surface area contributed by atoms with Crippen molar-refractivity contribution < 1.29 is 14.3 Å². The van der Waals surface area contributed by atoms with Crippen molar-refractivity contribution in [2.75, 3.05) is 44.8 Å². The molecule has 0 spiro atoms. The summed E-state index contributed by atoms with van der Waals surface area (Å²) >= 11 is 0. The SMILES string of the molecule is CN=C(NCCCOc1ccccc1)NCCCN1C(=O)COc2ccccc21.I. The minimum atomic E-state index is -0.00961. The first-order valence-electron chi connectivity index (χ1n) is 9.92. The maximum atomic E-state index is 12.2. The van der Waals surface area contributed by atoms with Gasteiger partial charge in [-0.1, -0.05) is 30.3 Å². The minimum Gasteiger partial charge on any atom is -0.494 e. The van der Waals surface area contributed by atoms with Gasteiger partial charge in [0.1, 0.15) is 11.5 Å². The summed E-state index contributed by atoms with van der Waals surface area (Å²) in [5.41, 5.74) is 0.838. The van der Waals surface area contributed by atoms with Gasteiger partial charge in [0.15, 0.2) is 12.6 Å². The number of ether oxygens (including phenoxy) is 2. The van der Waals surface area contributed by atoms with Gasteiger partial charge in [0, 0.05) is 26.7 Å². The standard InChI is InChI=1S/C22H28N4O3.HI/c1-23-22(25-14-8-16-28-18-9-3-2-4-10-18)24-13-7-15-26-19-11-5-6-12-20(19)29-17-21(26)27;/h2-6,9-12H,7-8,13-17H2,1H3,(H2,23,24,25);1H. The van der Waals surface area contributed by atoms with Crippen molar-refractivity contribution in [2.45, 2.75) is 12.8 Å². The number of para-hydroxylation sites is 3. The number of fused-ring (bicyclic) bond motifs is 1. The average Bonchev–Trinajstić information content (AvgIpc) is 2.77. The van der Waals surface area contributed by atoms with Crippen LogP contribution in [0, 0.1) is 0 Å². The first-order chi connectivity index (χ1) is 14.3. The van der Waals surface area contributed by atoms with Gasteiger partial charge in [0.2, 0.25) is 0 Å². The van der Waals surface area contributed by atoms with E-state index in [4.69, 9.17) is 9.47 Å². The highest BCUT2D eigenvalue weighted by Gasteiger charge is 2.24. The summed E-state index contributed by atoms with van der Waals surface area (Å²) in [6.45, 7) is 2.86. The van der Waals surface area contributed by atoms with Gasteiger partial charge in [0.05, 0.1) is 12.3 Å². The van der Waals surface area contributed by atoms with E-state index < -0.39 is 0 Å². The topological polar surface area (TPSA) is 75.2 Å². The number of aliphatic imine (C=N–C) groups is 1. The molecule has 162 valence electrons. The summed E-state index contributed by atoms with van der Waals surface area (Å²) in [5.74, 6) is 2.38. The monoisotopic (exact) mass is 524 g/mol. The van der Waals surface area contributed by atoms with E-state index in [9.17, 15) is 4.79 Å². The lowest BCUT2D eigenvalue weighted by Crippen LogP contribution is -2.42. The van der Waals surface area contributed by atoms with E-state index in [1.165, 1.54) is 0 Å². The second-order valence-corrected chi connectivity index (χ2v) is 6.60. The predicted molar refractivity (Wildman–Crippen MR) is 130 cm³/mol. The van der Waals surface area contributed by atoms with Crippen molar-refractivity contribution in [1.29, 1.82) is 0 Å². The second-order valence-electron chi connectivity index (χ2n) is 6.60. The van der Waals surface area contributed by atoms with Crippen molar-refractivity contribution in [3.8, 4) is 11.5 Å². The minimum absolute atomic E-state index is 0. The fourth-order valence-corrected chi connectivity index (χ4v) is 3.05. The van der Waals surface area contributed by atoms with Crippen LogP contribution in [-0.2, 0) is 4.79 Å². The first-order valence-corrected chi connectivity index (χ1v) is 9.92. The number of nitrogens with zero attached hydrogens (tertiary/aromatic N) is 2. The van der Waals surface area contributed by atoms with Crippen molar-refractivity contribution >= 4 is 41.5 Å². The number of anilines is 1. The van der Waals surface area contributed by atoms with E-state index >= 15 is 0 Å². The fourth-order valence-electron chi connectivity index (χ4n) is 3.05. The molecule has 2 aromatic rings. The van der Waals surface area contributed by atoms with Gasteiger partial charge in [-0.05, 0) is 37.1 Å². The molecule has 7 nitrogen and oxygen atoms in total. The van der Waals surface area contributed by atoms with E-state index in [-0.39, 0.29) is 36.5 Å². The zero-order chi connectivity index (χ0) is 20.3. The molecule has 2 aromatic carbocycles. The molecule has 3 rings (SSSR count). The first kappa shape index (κ1) is 23.8. The van der Waals surface area contributed by atoms with Gasteiger partial charge in [-0.25, -0.2) is 0 Å². The zero-order valence-electron chi connectivity index (χ0n) is 17.2. The molecule has 1 aliphatic heterocycles. The molecule has 8 heteroatoms. The normalized spacial score (nSPS) is 13.0. The average molecular weight is 524 g/mol. The molecular formula is C22H29IN4O3. The van der Waals surface area contributed by atoms with Crippen LogP contribution in [0.5, 0.6) is 11.5 Å². The van der Waals surface area contributed by atoms with Gasteiger partial charge in [-0.15, -0.1) is 24.0 Å². The molecule has 0 aliphatic carbocycles. The Balaban J connectivity index is 0.00000320. The van der Waals surface area contributed by atoms with E-state index in [0.29, 0.717) is 19.7 Å². The Kier molecular flexibility index (Phi) is 10.3. The van der Waals surface area contributed by atoms with Crippen LogP contribution in [0.4, 0.5) is 5.69 Å². The number of guanidine groups is 1. The molecule has 1 aliphatic rings. The van der Waals surface area contributed by atoms with Crippen LogP contribution < -0.4 is 25.0 Å². The van der Waals surface area contributed by atoms with E-state index in [0.717, 1.165) is 42.5 Å². The number of carbonyl (C=O) groups excluding carboxylic acids is 1. The number of halogens is 1. The summed E-state index contributed by atoms with van der Waals surface area (Å²) in [5, 5.41) is 6.56. The predicted octanol–water partition coefficient (Wildman–Crippen LogP) is 3.05. The Morgan fingerprint density at radius 1 is 1.07 bits per heavy atom. The van der Waals surface area contributed by atoms with E-state index in [1.54, 1.807) is 11.9 Å². The number of hydrogen-bond acceptors (Lipinski definition) is 4. The Morgan fingerprint density at radius 2 is 1.77 bits per heavy atom. The molecule has 0 bridgehead atoms.